The van der Waals surface area contributed by atoms with E-state index in [9.17, 15) is 0 Å². The summed E-state index contributed by atoms with van der Waals surface area (Å²) < 4.78 is 11.9. The van der Waals surface area contributed by atoms with Crippen LogP contribution in [-0.4, -0.2) is 13.2 Å². The van der Waals surface area contributed by atoms with E-state index in [0.717, 1.165) is 15.6 Å². The summed E-state index contributed by atoms with van der Waals surface area (Å²) in [6.07, 6.45) is 0. The molecule has 0 spiro atoms. The number of fused-ring (bicyclic) bond motifs is 1. The highest BCUT2D eigenvalue weighted by Crippen LogP contribution is 2.40. The second-order valence-electron chi connectivity index (χ2n) is 4.66. The van der Waals surface area contributed by atoms with Crippen molar-refractivity contribution >= 4 is 39.1 Å². The third-order valence-electron chi connectivity index (χ3n) is 3.29. The SMILES string of the molecule is NC(c1cc2c(cc1Cl)OCCO2)c1ccc(Cl)cc1Br. The number of benzene rings is 2. The number of rotatable bonds is 2. The van der Waals surface area contributed by atoms with Crippen LogP contribution in [0.2, 0.25) is 10.0 Å². The molecule has 6 heteroatoms. The third-order valence-corrected chi connectivity index (χ3v) is 4.54. The molecule has 0 radical (unpaired) electrons. The fraction of sp³-hybridized carbons (Fsp3) is 0.200. The quantitative estimate of drug-likeness (QED) is 0.819. The minimum atomic E-state index is -0.389. The monoisotopic (exact) mass is 387 g/mol. The molecule has 0 amide bonds. The lowest BCUT2D eigenvalue weighted by Gasteiger charge is -2.22. The van der Waals surface area contributed by atoms with Gasteiger partial charge >= 0.3 is 0 Å². The highest BCUT2D eigenvalue weighted by Gasteiger charge is 2.21. The van der Waals surface area contributed by atoms with E-state index >= 15 is 0 Å². The molecule has 1 atom stereocenters. The van der Waals surface area contributed by atoms with Crippen LogP contribution in [0.1, 0.15) is 17.2 Å². The third kappa shape index (κ3) is 2.99. The summed E-state index contributed by atoms with van der Waals surface area (Å²) >= 11 is 15.8. The zero-order valence-corrected chi connectivity index (χ0v) is 14.0. The molecular weight excluding hydrogens is 377 g/mol. The lowest BCUT2D eigenvalue weighted by atomic mass is 9.99. The Morgan fingerprint density at radius 2 is 1.67 bits per heavy atom. The first-order valence-electron chi connectivity index (χ1n) is 6.36. The molecule has 1 aliphatic rings. The van der Waals surface area contributed by atoms with Crippen LogP contribution in [-0.2, 0) is 0 Å². The predicted molar refractivity (Wildman–Crippen MR) is 87.6 cm³/mol. The van der Waals surface area contributed by atoms with Crippen molar-refractivity contribution in [1.82, 2.24) is 0 Å². The maximum Gasteiger partial charge on any atom is 0.162 e. The first-order valence-corrected chi connectivity index (χ1v) is 7.90. The van der Waals surface area contributed by atoms with Gasteiger partial charge in [0, 0.05) is 20.6 Å². The maximum absolute atomic E-state index is 6.35. The molecule has 2 aromatic rings. The fourth-order valence-electron chi connectivity index (χ4n) is 2.24. The van der Waals surface area contributed by atoms with Crippen LogP contribution < -0.4 is 15.2 Å². The smallest absolute Gasteiger partial charge is 0.162 e. The number of halogens is 3. The van der Waals surface area contributed by atoms with Gasteiger partial charge < -0.3 is 15.2 Å². The largest absolute Gasteiger partial charge is 0.486 e. The van der Waals surface area contributed by atoms with Crippen molar-refractivity contribution in [1.29, 1.82) is 0 Å². The Labute approximate surface area is 141 Å². The zero-order valence-electron chi connectivity index (χ0n) is 10.9. The van der Waals surface area contributed by atoms with Gasteiger partial charge in [0.2, 0.25) is 0 Å². The van der Waals surface area contributed by atoms with Gasteiger partial charge in [0.05, 0.1) is 6.04 Å². The molecule has 3 rings (SSSR count). The Balaban J connectivity index is 2.03. The van der Waals surface area contributed by atoms with Crippen molar-refractivity contribution in [2.45, 2.75) is 6.04 Å². The highest BCUT2D eigenvalue weighted by molar-refractivity contribution is 9.10. The Hall–Kier alpha value is -0.940. The normalized spacial score (nSPS) is 14.9. The van der Waals surface area contributed by atoms with Crippen molar-refractivity contribution in [2.24, 2.45) is 5.73 Å². The van der Waals surface area contributed by atoms with Crippen LogP contribution in [0.25, 0.3) is 0 Å². The van der Waals surface area contributed by atoms with Crippen LogP contribution in [0.3, 0.4) is 0 Å². The minimum absolute atomic E-state index is 0.389. The van der Waals surface area contributed by atoms with E-state index in [0.29, 0.717) is 34.8 Å². The molecule has 3 nitrogen and oxygen atoms in total. The highest BCUT2D eigenvalue weighted by atomic mass is 79.9. The standard InChI is InChI=1S/C15H12BrCl2NO2/c16-11-5-8(17)1-2-9(11)15(19)10-6-13-14(7-12(10)18)21-4-3-20-13/h1-2,5-7,15H,3-4,19H2. The molecule has 1 aliphatic heterocycles. The number of nitrogens with two attached hydrogens (primary N) is 1. The van der Waals surface area contributed by atoms with Gasteiger partial charge in [-0.1, -0.05) is 45.2 Å². The minimum Gasteiger partial charge on any atom is -0.486 e. The van der Waals surface area contributed by atoms with Crippen LogP contribution in [0, 0.1) is 0 Å². The molecular formula is C15H12BrCl2NO2. The van der Waals surface area contributed by atoms with Gasteiger partial charge in [-0.15, -0.1) is 0 Å². The van der Waals surface area contributed by atoms with Crippen LogP contribution in [0.4, 0.5) is 0 Å². The summed E-state index contributed by atoms with van der Waals surface area (Å²) in [6.45, 7) is 1.05. The first kappa shape index (κ1) is 15.0. The van der Waals surface area contributed by atoms with Gasteiger partial charge in [0.1, 0.15) is 13.2 Å². The molecule has 1 unspecified atom stereocenters. The molecule has 2 N–H and O–H groups in total. The molecule has 21 heavy (non-hydrogen) atoms. The van der Waals surface area contributed by atoms with Gasteiger partial charge in [0.15, 0.2) is 11.5 Å². The van der Waals surface area contributed by atoms with E-state index in [-0.39, 0.29) is 6.04 Å². The van der Waals surface area contributed by atoms with Crippen molar-refractivity contribution in [3.63, 3.8) is 0 Å². The summed E-state index contributed by atoms with van der Waals surface area (Å²) in [6, 6.07) is 8.68. The Morgan fingerprint density at radius 1 is 1.00 bits per heavy atom. The molecule has 2 aromatic carbocycles. The van der Waals surface area contributed by atoms with E-state index in [4.69, 9.17) is 38.4 Å². The zero-order chi connectivity index (χ0) is 15.0. The lowest BCUT2D eigenvalue weighted by Crippen LogP contribution is -2.18. The van der Waals surface area contributed by atoms with E-state index < -0.39 is 0 Å². The molecule has 1 heterocycles. The molecule has 0 bridgehead atoms. The summed E-state index contributed by atoms with van der Waals surface area (Å²) in [5, 5.41) is 1.19. The summed E-state index contributed by atoms with van der Waals surface area (Å²) in [5.74, 6) is 1.32. The van der Waals surface area contributed by atoms with Crippen molar-refractivity contribution in [2.75, 3.05) is 13.2 Å². The topological polar surface area (TPSA) is 44.5 Å². The van der Waals surface area contributed by atoms with Crippen molar-refractivity contribution < 1.29 is 9.47 Å². The summed E-state index contributed by atoms with van der Waals surface area (Å²) in [4.78, 5) is 0. The molecule has 0 saturated carbocycles. The average molecular weight is 389 g/mol. The fourth-order valence-corrected chi connectivity index (χ4v) is 3.44. The number of hydrogen-bond acceptors (Lipinski definition) is 3. The molecule has 0 saturated heterocycles. The second-order valence-corrected chi connectivity index (χ2v) is 6.36. The maximum atomic E-state index is 6.35. The second kappa shape index (κ2) is 6.05. The summed E-state index contributed by atoms with van der Waals surface area (Å²) in [7, 11) is 0. The van der Waals surface area contributed by atoms with Crippen molar-refractivity contribution in [3.8, 4) is 11.5 Å². The van der Waals surface area contributed by atoms with Crippen molar-refractivity contribution in [3.05, 3.63) is 56.0 Å². The summed E-state index contributed by atoms with van der Waals surface area (Å²) in [5.41, 5.74) is 8.03. The predicted octanol–water partition coefficient (Wildman–Crippen LogP) is 4.58. The Bertz CT molecular complexity index is 694. The average Bonchev–Trinajstić information content (AvgIpc) is 2.46. The molecule has 0 fully saturated rings. The van der Waals surface area contributed by atoms with Gasteiger partial charge in [0.25, 0.3) is 0 Å². The van der Waals surface area contributed by atoms with Gasteiger partial charge in [-0.05, 0) is 29.3 Å². The van der Waals surface area contributed by atoms with Crippen LogP contribution >= 0.6 is 39.1 Å². The van der Waals surface area contributed by atoms with Gasteiger partial charge in [-0.3, -0.25) is 0 Å². The van der Waals surface area contributed by atoms with E-state index in [2.05, 4.69) is 15.9 Å². The van der Waals surface area contributed by atoms with Crippen LogP contribution in [0.5, 0.6) is 11.5 Å². The van der Waals surface area contributed by atoms with Crippen LogP contribution in [0.15, 0.2) is 34.8 Å². The van der Waals surface area contributed by atoms with E-state index in [1.54, 1.807) is 12.1 Å². The number of ether oxygens (including phenoxy) is 2. The van der Waals surface area contributed by atoms with Gasteiger partial charge in [-0.25, -0.2) is 0 Å². The van der Waals surface area contributed by atoms with E-state index in [1.807, 2.05) is 18.2 Å². The number of hydrogen-bond donors (Lipinski definition) is 1. The van der Waals surface area contributed by atoms with E-state index in [1.165, 1.54) is 0 Å². The Morgan fingerprint density at radius 3 is 2.33 bits per heavy atom. The lowest BCUT2D eigenvalue weighted by molar-refractivity contribution is 0.171. The molecule has 110 valence electrons. The molecule has 0 aromatic heterocycles. The van der Waals surface area contributed by atoms with Gasteiger partial charge in [-0.2, -0.15) is 0 Å². The first-order chi connectivity index (χ1) is 10.1. The Kier molecular flexibility index (Phi) is 4.31. The molecule has 0 aliphatic carbocycles.